The number of benzene rings is 2. The second kappa shape index (κ2) is 6.65. The zero-order chi connectivity index (χ0) is 15.4. The largest absolute Gasteiger partial charge is 0.450 e. The molecule has 2 aromatic rings. The fraction of sp³-hybridized carbons (Fsp3) is 0.316. The zero-order valence-electron chi connectivity index (χ0n) is 12.8. The molecule has 0 saturated heterocycles. The molecule has 2 aromatic carbocycles. The lowest BCUT2D eigenvalue weighted by molar-refractivity contribution is 0.152. The molecule has 0 heterocycles. The fourth-order valence-corrected chi connectivity index (χ4v) is 3.23. The number of alkyl carbamates (subject to hydrolysis) is 1. The molecule has 22 heavy (non-hydrogen) atoms. The van der Waals surface area contributed by atoms with E-state index in [0.717, 1.165) is 12.8 Å². The molecule has 3 nitrogen and oxygen atoms in total. The van der Waals surface area contributed by atoms with Crippen molar-refractivity contribution in [1.29, 1.82) is 0 Å². The fourth-order valence-electron chi connectivity index (χ4n) is 3.23. The summed E-state index contributed by atoms with van der Waals surface area (Å²) in [5.41, 5.74) is 5.36. The van der Waals surface area contributed by atoms with Crippen LogP contribution in [0, 0.1) is 0 Å². The highest BCUT2D eigenvalue weighted by Crippen LogP contribution is 2.33. The molecule has 0 radical (unpaired) electrons. The number of nitrogens with one attached hydrogen (secondary N) is 1. The Hall–Kier alpha value is -2.29. The first-order valence-corrected chi connectivity index (χ1v) is 7.85. The van der Waals surface area contributed by atoms with Gasteiger partial charge in [-0.05, 0) is 42.0 Å². The van der Waals surface area contributed by atoms with E-state index in [1.54, 1.807) is 0 Å². The smallest absolute Gasteiger partial charge is 0.407 e. The molecule has 1 aliphatic carbocycles. The predicted octanol–water partition coefficient (Wildman–Crippen LogP) is 3.66. The van der Waals surface area contributed by atoms with E-state index >= 15 is 0 Å². The van der Waals surface area contributed by atoms with E-state index < -0.39 is 0 Å². The van der Waals surface area contributed by atoms with Crippen LogP contribution in [0.5, 0.6) is 0 Å². The Kier molecular flexibility index (Phi) is 4.42. The van der Waals surface area contributed by atoms with Gasteiger partial charge in [-0.25, -0.2) is 4.79 Å². The molecular weight excluding hydrogens is 274 g/mol. The Bertz CT molecular complexity index is 618. The minimum Gasteiger partial charge on any atom is -0.450 e. The molecule has 3 rings (SSSR count). The molecule has 0 unspecified atom stereocenters. The lowest BCUT2D eigenvalue weighted by atomic mass is 9.88. The van der Waals surface area contributed by atoms with Crippen molar-refractivity contribution in [3.05, 3.63) is 70.8 Å². The summed E-state index contributed by atoms with van der Waals surface area (Å²) in [6.07, 6.45) is 1.74. The minimum atomic E-state index is -0.346. The molecule has 1 amide bonds. The molecule has 1 N–H and O–H groups in total. The second-order valence-electron chi connectivity index (χ2n) is 5.55. The third-order valence-electron chi connectivity index (χ3n) is 4.25. The zero-order valence-corrected chi connectivity index (χ0v) is 12.8. The van der Waals surface area contributed by atoms with Crippen LogP contribution in [0.3, 0.4) is 0 Å². The van der Waals surface area contributed by atoms with E-state index in [0.29, 0.717) is 13.2 Å². The molecule has 0 aliphatic heterocycles. The molecule has 0 bridgehead atoms. The van der Waals surface area contributed by atoms with Gasteiger partial charge in [-0.2, -0.15) is 0 Å². The van der Waals surface area contributed by atoms with Crippen LogP contribution in [-0.4, -0.2) is 19.2 Å². The van der Waals surface area contributed by atoms with Crippen LogP contribution >= 0.6 is 0 Å². The molecule has 0 aromatic heterocycles. The van der Waals surface area contributed by atoms with Gasteiger partial charge in [0.25, 0.3) is 0 Å². The second-order valence-corrected chi connectivity index (χ2v) is 5.55. The number of aryl methyl sites for hydroxylation is 2. The van der Waals surface area contributed by atoms with Gasteiger partial charge in [0, 0.05) is 12.5 Å². The maximum Gasteiger partial charge on any atom is 0.407 e. The summed E-state index contributed by atoms with van der Waals surface area (Å²) in [6.45, 7) is 2.77. The molecule has 0 fully saturated rings. The Morgan fingerprint density at radius 1 is 1.05 bits per heavy atom. The summed E-state index contributed by atoms with van der Waals surface area (Å²) in [5.74, 6) is 0.180. The van der Waals surface area contributed by atoms with Crippen molar-refractivity contribution in [2.75, 3.05) is 13.2 Å². The van der Waals surface area contributed by atoms with E-state index in [-0.39, 0.29) is 12.0 Å². The van der Waals surface area contributed by atoms with Crippen LogP contribution < -0.4 is 5.32 Å². The van der Waals surface area contributed by atoms with Crippen molar-refractivity contribution < 1.29 is 9.53 Å². The first-order valence-electron chi connectivity index (χ1n) is 7.85. The summed E-state index contributed by atoms with van der Waals surface area (Å²) >= 11 is 0. The monoisotopic (exact) mass is 295 g/mol. The quantitative estimate of drug-likeness (QED) is 0.938. The molecular formula is C19H21NO2. The normalized spacial score (nSPS) is 13.7. The van der Waals surface area contributed by atoms with E-state index in [9.17, 15) is 4.79 Å². The van der Waals surface area contributed by atoms with Crippen LogP contribution in [0.1, 0.15) is 35.1 Å². The van der Waals surface area contributed by atoms with Gasteiger partial charge in [-0.3, -0.25) is 0 Å². The summed E-state index contributed by atoms with van der Waals surface area (Å²) in [6, 6.07) is 17.1. The van der Waals surface area contributed by atoms with Crippen molar-refractivity contribution >= 4 is 6.09 Å². The summed E-state index contributed by atoms with van der Waals surface area (Å²) in [5, 5.41) is 2.90. The van der Waals surface area contributed by atoms with Crippen molar-refractivity contribution in [3.8, 4) is 0 Å². The highest BCUT2D eigenvalue weighted by molar-refractivity contribution is 5.67. The summed E-state index contributed by atoms with van der Waals surface area (Å²) in [7, 11) is 0. The highest BCUT2D eigenvalue weighted by atomic mass is 16.5. The summed E-state index contributed by atoms with van der Waals surface area (Å²) in [4.78, 5) is 11.7. The third kappa shape index (κ3) is 2.98. The SMILES string of the molecule is CCOC(=O)NCC1c2ccccc2CCc2ccccc21. The van der Waals surface area contributed by atoms with Gasteiger partial charge in [0.2, 0.25) is 0 Å². The van der Waals surface area contributed by atoms with E-state index in [2.05, 4.69) is 53.8 Å². The Morgan fingerprint density at radius 3 is 2.14 bits per heavy atom. The number of ether oxygens (including phenoxy) is 1. The van der Waals surface area contributed by atoms with Gasteiger partial charge < -0.3 is 10.1 Å². The number of hydrogen-bond donors (Lipinski definition) is 1. The lowest BCUT2D eigenvalue weighted by Gasteiger charge is -2.20. The van der Waals surface area contributed by atoms with Crippen molar-refractivity contribution in [3.63, 3.8) is 0 Å². The number of hydrogen-bond acceptors (Lipinski definition) is 2. The molecule has 3 heteroatoms. The van der Waals surface area contributed by atoms with Gasteiger partial charge in [-0.1, -0.05) is 48.5 Å². The number of fused-ring (bicyclic) bond motifs is 2. The van der Waals surface area contributed by atoms with Crippen LogP contribution in [0.15, 0.2) is 48.5 Å². The molecule has 0 spiro atoms. The van der Waals surface area contributed by atoms with Crippen LogP contribution in [0.2, 0.25) is 0 Å². The highest BCUT2D eigenvalue weighted by Gasteiger charge is 2.23. The Balaban J connectivity index is 1.93. The topological polar surface area (TPSA) is 38.3 Å². The maximum absolute atomic E-state index is 11.7. The van der Waals surface area contributed by atoms with Gasteiger partial charge >= 0.3 is 6.09 Å². The van der Waals surface area contributed by atoms with E-state index in [4.69, 9.17) is 4.74 Å². The standard InChI is InChI=1S/C19H21NO2/c1-2-22-19(21)20-13-18-16-9-5-3-7-14(16)11-12-15-8-4-6-10-17(15)18/h3-10,18H,2,11-13H2,1H3,(H,20,21). The first kappa shape index (κ1) is 14.6. The van der Waals surface area contributed by atoms with Crippen molar-refractivity contribution in [1.82, 2.24) is 5.32 Å². The van der Waals surface area contributed by atoms with Gasteiger partial charge in [0.15, 0.2) is 0 Å². The number of amides is 1. The van der Waals surface area contributed by atoms with Gasteiger partial charge in [0.1, 0.15) is 0 Å². The maximum atomic E-state index is 11.7. The van der Waals surface area contributed by atoms with Crippen LogP contribution in [0.25, 0.3) is 0 Å². The van der Waals surface area contributed by atoms with Gasteiger partial charge in [0.05, 0.1) is 6.61 Å². The average Bonchev–Trinajstić information content (AvgIpc) is 2.70. The van der Waals surface area contributed by atoms with Crippen molar-refractivity contribution in [2.24, 2.45) is 0 Å². The average molecular weight is 295 g/mol. The summed E-state index contributed by atoms with van der Waals surface area (Å²) < 4.78 is 4.99. The van der Waals surface area contributed by atoms with E-state index in [1.807, 2.05) is 6.92 Å². The molecule has 0 atom stereocenters. The van der Waals surface area contributed by atoms with Crippen LogP contribution in [0.4, 0.5) is 4.79 Å². The number of carbonyl (C=O) groups is 1. The van der Waals surface area contributed by atoms with Crippen LogP contribution in [-0.2, 0) is 17.6 Å². The van der Waals surface area contributed by atoms with Crippen molar-refractivity contribution in [2.45, 2.75) is 25.7 Å². The van der Waals surface area contributed by atoms with Gasteiger partial charge in [-0.15, -0.1) is 0 Å². The Labute approximate surface area is 131 Å². The Morgan fingerprint density at radius 2 is 1.59 bits per heavy atom. The predicted molar refractivity (Wildman–Crippen MR) is 87.2 cm³/mol. The molecule has 0 saturated carbocycles. The number of carbonyl (C=O) groups excluding carboxylic acids is 1. The molecule has 1 aliphatic rings. The van der Waals surface area contributed by atoms with E-state index in [1.165, 1.54) is 22.3 Å². The lowest BCUT2D eigenvalue weighted by Crippen LogP contribution is -2.29. The minimum absolute atomic E-state index is 0.180. The third-order valence-corrected chi connectivity index (χ3v) is 4.25. The first-order chi connectivity index (χ1) is 10.8. The number of rotatable bonds is 3. The molecule has 114 valence electrons.